The molecule has 5 nitrogen and oxygen atoms in total. The van der Waals surface area contributed by atoms with E-state index in [0.29, 0.717) is 11.2 Å². The van der Waals surface area contributed by atoms with Gasteiger partial charge < -0.3 is 10.6 Å². The molecular formula is C22H27N5S. The van der Waals surface area contributed by atoms with E-state index in [-0.39, 0.29) is 0 Å². The first-order chi connectivity index (χ1) is 13.5. The van der Waals surface area contributed by atoms with E-state index in [4.69, 9.17) is 17.2 Å². The Morgan fingerprint density at radius 1 is 1.07 bits per heavy atom. The monoisotopic (exact) mass is 393 g/mol. The van der Waals surface area contributed by atoms with E-state index in [0.717, 1.165) is 28.4 Å². The summed E-state index contributed by atoms with van der Waals surface area (Å²) in [4.78, 5) is 4.90. The fourth-order valence-corrected chi connectivity index (χ4v) is 4.27. The van der Waals surface area contributed by atoms with Crippen molar-refractivity contribution in [1.29, 1.82) is 0 Å². The minimum Gasteiger partial charge on any atom is -0.360 e. The van der Waals surface area contributed by atoms with Crippen LogP contribution < -0.4 is 10.6 Å². The quantitative estimate of drug-likeness (QED) is 0.616. The summed E-state index contributed by atoms with van der Waals surface area (Å²) < 4.78 is 1.85. The fraction of sp³-hybridized carbons (Fsp3) is 0.409. The number of benzene rings is 1. The number of aryl methyl sites for hydroxylation is 3. The average molecular weight is 394 g/mol. The number of thiocarbonyl (C=S) groups is 1. The van der Waals surface area contributed by atoms with Crippen LogP contribution in [0.1, 0.15) is 48.9 Å². The minimum absolute atomic E-state index is 0.468. The van der Waals surface area contributed by atoms with E-state index in [1.54, 1.807) is 0 Å². The molecule has 0 radical (unpaired) electrons. The van der Waals surface area contributed by atoms with Crippen LogP contribution in [-0.2, 0) is 0 Å². The average Bonchev–Trinajstić information content (AvgIpc) is 3.03. The maximum Gasteiger partial charge on any atom is 0.172 e. The smallest absolute Gasteiger partial charge is 0.172 e. The third-order valence-electron chi connectivity index (χ3n) is 5.47. The van der Waals surface area contributed by atoms with E-state index in [2.05, 4.69) is 53.8 Å². The van der Waals surface area contributed by atoms with Crippen LogP contribution >= 0.6 is 12.2 Å². The number of fused-ring (bicyclic) bond motifs is 1. The molecule has 1 aliphatic carbocycles. The van der Waals surface area contributed by atoms with Crippen molar-refractivity contribution in [2.24, 2.45) is 0 Å². The molecule has 6 heteroatoms. The van der Waals surface area contributed by atoms with E-state index < -0.39 is 0 Å². The number of hydrogen-bond acceptors (Lipinski definition) is 3. The maximum atomic E-state index is 5.58. The zero-order chi connectivity index (χ0) is 19.7. The normalized spacial score (nSPS) is 15.0. The molecule has 0 aliphatic heterocycles. The molecule has 0 atom stereocenters. The number of nitrogens with zero attached hydrogens (tertiary/aromatic N) is 3. The molecule has 4 rings (SSSR count). The molecule has 0 spiro atoms. The van der Waals surface area contributed by atoms with E-state index in [1.807, 2.05) is 17.7 Å². The summed E-state index contributed by atoms with van der Waals surface area (Å²) in [5.74, 6) is 1.64. The van der Waals surface area contributed by atoms with Crippen LogP contribution in [0.4, 0.5) is 5.82 Å². The molecule has 2 aromatic heterocycles. The number of hydrogen-bond donors (Lipinski definition) is 2. The molecule has 0 saturated heterocycles. The molecule has 1 aliphatic rings. The first kappa shape index (κ1) is 18.9. The second-order valence-electron chi connectivity index (χ2n) is 7.78. The summed E-state index contributed by atoms with van der Waals surface area (Å²) in [6.45, 7) is 6.19. The molecule has 0 unspecified atom stereocenters. The highest BCUT2D eigenvalue weighted by Gasteiger charge is 2.16. The van der Waals surface area contributed by atoms with Gasteiger partial charge in [0.15, 0.2) is 10.9 Å². The number of anilines is 1. The number of pyridine rings is 1. The molecule has 1 aromatic carbocycles. The lowest BCUT2D eigenvalue weighted by Gasteiger charge is -2.24. The summed E-state index contributed by atoms with van der Waals surface area (Å²) >= 11 is 5.58. The molecule has 2 heterocycles. The van der Waals surface area contributed by atoms with Gasteiger partial charge in [-0.15, -0.1) is 0 Å². The molecule has 3 aromatic rings. The molecule has 0 amide bonds. The van der Waals surface area contributed by atoms with Crippen LogP contribution in [0.5, 0.6) is 0 Å². The first-order valence-corrected chi connectivity index (χ1v) is 10.4. The van der Waals surface area contributed by atoms with Crippen molar-refractivity contribution in [3.63, 3.8) is 0 Å². The molecule has 2 N–H and O–H groups in total. The molecule has 1 saturated carbocycles. The summed E-state index contributed by atoms with van der Waals surface area (Å²) in [7, 11) is 0. The highest BCUT2D eigenvalue weighted by Crippen LogP contribution is 2.24. The second-order valence-corrected chi connectivity index (χ2v) is 8.19. The Morgan fingerprint density at radius 3 is 2.64 bits per heavy atom. The zero-order valence-electron chi connectivity index (χ0n) is 16.7. The lowest BCUT2D eigenvalue weighted by molar-refractivity contribution is 0.414. The Bertz CT molecular complexity index is 1020. The highest BCUT2D eigenvalue weighted by atomic mass is 32.1. The van der Waals surface area contributed by atoms with Gasteiger partial charge in [-0.25, -0.2) is 4.98 Å². The van der Waals surface area contributed by atoms with Gasteiger partial charge in [0, 0.05) is 17.5 Å². The summed E-state index contributed by atoms with van der Waals surface area (Å²) in [6, 6.07) is 10.8. The van der Waals surface area contributed by atoms with Crippen molar-refractivity contribution in [2.45, 2.75) is 58.9 Å². The van der Waals surface area contributed by atoms with Crippen LogP contribution in [0, 0.1) is 20.8 Å². The Hall–Kier alpha value is -2.47. The first-order valence-electron chi connectivity index (χ1n) is 10.0. The van der Waals surface area contributed by atoms with Gasteiger partial charge in [-0.2, -0.15) is 9.78 Å². The van der Waals surface area contributed by atoms with Crippen LogP contribution in [-0.4, -0.2) is 25.9 Å². The standard InChI is InChI=1S/C22H27N5S/c1-14-8-7-11-18-15(2)12-19(24-21(14)18)27-20(13-16(3)26-27)25-22(28)23-17-9-5-4-6-10-17/h7-8,11-13,17H,4-6,9-10H2,1-3H3,(H2,23,25,28). The van der Waals surface area contributed by atoms with Gasteiger partial charge in [-0.3, -0.25) is 0 Å². The third kappa shape index (κ3) is 3.87. The highest BCUT2D eigenvalue weighted by molar-refractivity contribution is 7.80. The lowest BCUT2D eigenvalue weighted by atomic mass is 9.96. The number of para-hydroxylation sites is 1. The number of nitrogens with one attached hydrogen (secondary N) is 2. The van der Waals surface area contributed by atoms with Gasteiger partial charge in [0.05, 0.1) is 11.2 Å². The van der Waals surface area contributed by atoms with Crippen LogP contribution in [0.15, 0.2) is 30.3 Å². The zero-order valence-corrected chi connectivity index (χ0v) is 17.6. The molecular weight excluding hydrogens is 366 g/mol. The van der Waals surface area contributed by atoms with Crippen molar-refractivity contribution in [3.8, 4) is 5.82 Å². The predicted octanol–water partition coefficient (Wildman–Crippen LogP) is 4.96. The Labute approximate surface area is 171 Å². The van der Waals surface area contributed by atoms with E-state index >= 15 is 0 Å². The molecule has 0 bridgehead atoms. The van der Waals surface area contributed by atoms with Crippen molar-refractivity contribution in [2.75, 3.05) is 5.32 Å². The van der Waals surface area contributed by atoms with E-state index in [9.17, 15) is 0 Å². The summed E-state index contributed by atoms with van der Waals surface area (Å²) in [6.07, 6.45) is 6.25. The maximum absolute atomic E-state index is 5.58. The SMILES string of the molecule is Cc1cc(NC(=S)NC2CCCCC2)n(-c2cc(C)c3cccc(C)c3n2)n1. The van der Waals surface area contributed by atoms with Crippen molar-refractivity contribution in [1.82, 2.24) is 20.1 Å². The Kier molecular flexibility index (Phi) is 5.31. The van der Waals surface area contributed by atoms with Crippen LogP contribution in [0.3, 0.4) is 0 Å². The Balaban J connectivity index is 1.63. The summed E-state index contributed by atoms with van der Waals surface area (Å²) in [5.41, 5.74) is 4.29. The second kappa shape index (κ2) is 7.87. The van der Waals surface area contributed by atoms with Crippen LogP contribution in [0.2, 0.25) is 0 Å². The van der Waals surface area contributed by atoms with Crippen LogP contribution in [0.25, 0.3) is 16.7 Å². The van der Waals surface area contributed by atoms with Gasteiger partial charge in [0.1, 0.15) is 5.82 Å². The fourth-order valence-electron chi connectivity index (χ4n) is 4.00. The van der Waals surface area contributed by atoms with Gasteiger partial charge in [-0.1, -0.05) is 37.5 Å². The lowest BCUT2D eigenvalue weighted by Crippen LogP contribution is -2.39. The van der Waals surface area contributed by atoms with Gasteiger partial charge in [0.25, 0.3) is 0 Å². The topological polar surface area (TPSA) is 54.8 Å². The number of aromatic nitrogens is 3. The van der Waals surface area contributed by atoms with Crippen molar-refractivity contribution < 1.29 is 0 Å². The molecule has 1 fully saturated rings. The van der Waals surface area contributed by atoms with Gasteiger partial charge >= 0.3 is 0 Å². The van der Waals surface area contributed by atoms with Crippen molar-refractivity contribution in [3.05, 3.63) is 47.2 Å². The predicted molar refractivity (Wildman–Crippen MR) is 119 cm³/mol. The van der Waals surface area contributed by atoms with Gasteiger partial charge in [0.2, 0.25) is 0 Å². The number of rotatable bonds is 3. The molecule has 146 valence electrons. The van der Waals surface area contributed by atoms with E-state index in [1.165, 1.54) is 43.1 Å². The Morgan fingerprint density at radius 2 is 1.86 bits per heavy atom. The summed E-state index contributed by atoms with van der Waals surface area (Å²) in [5, 5.41) is 13.3. The molecule has 28 heavy (non-hydrogen) atoms. The minimum atomic E-state index is 0.468. The van der Waals surface area contributed by atoms with Crippen molar-refractivity contribution >= 4 is 34.1 Å². The third-order valence-corrected chi connectivity index (χ3v) is 5.68. The largest absolute Gasteiger partial charge is 0.360 e. The van der Waals surface area contributed by atoms with Gasteiger partial charge in [-0.05, 0) is 63.0 Å².